The fraction of sp³-hybridized carbons (Fsp3) is 0. The van der Waals surface area contributed by atoms with Crippen molar-refractivity contribution in [3.05, 3.63) is 71.0 Å². The molecule has 3 rings (SSSR count). The van der Waals surface area contributed by atoms with Crippen molar-refractivity contribution in [2.24, 2.45) is 0 Å². The van der Waals surface area contributed by atoms with E-state index in [0.29, 0.717) is 22.6 Å². The minimum absolute atomic E-state index is 0.190. The molecule has 23 heavy (non-hydrogen) atoms. The number of hydrogen-bond acceptors (Lipinski definition) is 5. The van der Waals surface area contributed by atoms with Crippen LogP contribution >= 0.6 is 11.3 Å². The summed E-state index contributed by atoms with van der Waals surface area (Å²) >= 11 is 1.33. The van der Waals surface area contributed by atoms with Gasteiger partial charge in [0, 0.05) is 23.8 Å². The van der Waals surface area contributed by atoms with Crippen molar-refractivity contribution >= 4 is 23.2 Å². The second kappa shape index (κ2) is 6.53. The van der Waals surface area contributed by atoms with Crippen LogP contribution in [0, 0.1) is 11.6 Å². The summed E-state index contributed by atoms with van der Waals surface area (Å²) in [4.78, 5) is 24.4. The Morgan fingerprint density at radius 1 is 1.17 bits per heavy atom. The first-order valence-corrected chi connectivity index (χ1v) is 7.42. The van der Waals surface area contributed by atoms with Gasteiger partial charge in [0.2, 0.25) is 0 Å². The van der Waals surface area contributed by atoms with Gasteiger partial charge in [-0.1, -0.05) is 0 Å². The number of thiazole rings is 1. The van der Waals surface area contributed by atoms with Crippen molar-refractivity contribution < 1.29 is 13.6 Å². The van der Waals surface area contributed by atoms with Crippen LogP contribution in [0.1, 0.15) is 16.1 Å². The molecule has 0 aliphatic heterocycles. The number of ketones is 1. The first-order valence-electron chi connectivity index (χ1n) is 6.54. The molecule has 0 amide bonds. The first-order chi connectivity index (χ1) is 11.1. The summed E-state index contributed by atoms with van der Waals surface area (Å²) in [5, 5.41) is 2.35. The van der Waals surface area contributed by atoms with E-state index in [1.165, 1.54) is 23.5 Å². The standard InChI is InChI=1S/C16H9F2N3OS/c17-10-2-4-12(13(18)8-10)14(22)5-3-11-9-23-16(21-11)15-19-6-1-7-20-15/h1-9H/b5-3+. The van der Waals surface area contributed by atoms with Crippen LogP contribution in [0.4, 0.5) is 8.78 Å². The van der Waals surface area contributed by atoms with Gasteiger partial charge in [-0.25, -0.2) is 23.7 Å². The Morgan fingerprint density at radius 3 is 2.70 bits per heavy atom. The van der Waals surface area contributed by atoms with Crippen LogP contribution in [0.5, 0.6) is 0 Å². The lowest BCUT2D eigenvalue weighted by molar-refractivity contribution is 0.104. The topological polar surface area (TPSA) is 55.7 Å². The first kappa shape index (κ1) is 15.1. The Hall–Kier alpha value is -2.80. The molecule has 2 heterocycles. The maximum Gasteiger partial charge on any atom is 0.188 e. The van der Waals surface area contributed by atoms with E-state index in [1.54, 1.807) is 23.8 Å². The lowest BCUT2D eigenvalue weighted by atomic mass is 10.1. The summed E-state index contributed by atoms with van der Waals surface area (Å²) in [5.74, 6) is -1.69. The quantitative estimate of drug-likeness (QED) is 0.540. The van der Waals surface area contributed by atoms with Crippen LogP contribution in [-0.2, 0) is 0 Å². The van der Waals surface area contributed by atoms with E-state index in [2.05, 4.69) is 15.0 Å². The number of allylic oxidation sites excluding steroid dienone is 1. The molecule has 0 saturated heterocycles. The largest absolute Gasteiger partial charge is 0.289 e. The zero-order valence-electron chi connectivity index (χ0n) is 11.6. The van der Waals surface area contributed by atoms with Crippen molar-refractivity contribution in [2.45, 2.75) is 0 Å². The van der Waals surface area contributed by atoms with Gasteiger partial charge in [0.25, 0.3) is 0 Å². The molecule has 1 aromatic carbocycles. The van der Waals surface area contributed by atoms with Crippen molar-refractivity contribution in [3.63, 3.8) is 0 Å². The minimum atomic E-state index is -0.892. The van der Waals surface area contributed by atoms with E-state index < -0.39 is 17.4 Å². The Labute approximate surface area is 134 Å². The highest BCUT2D eigenvalue weighted by atomic mass is 32.1. The van der Waals surface area contributed by atoms with Gasteiger partial charge >= 0.3 is 0 Å². The van der Waals surface area contributed by atoms with Crippen LogP contribution in [0.3, 0.4) is 0 Å². The molecule has 0 aliphatic rings. The molecule has 4 nitrogen and oxygen atoms in total. The summed E-state index contributed by atoms with van der Waals surface area (Å²) in [7, 11) is 0. The molecule has 7 heteroatoms. The van der Waals surface area contributed by atoms with Crippen molar-refractivity contribution in [1.29, 1.82) is 0 Å². The van der Waals surface area contributed by atoms with Gasteiger partial charge < -0.3 is 0 Å². The SMILES string of the molecule is O=C(/C=C/c1csc(-c2ncccn2)n1)c1ccc(F)cc1F. The van der Waals surface area contributed by atoms with E-state index in [1.807, 2.05) is 0 Å². The number of benzene rings is 1. The normalized spacial score (nSPS) is 11.0. The molecule has 0 aliphatic carbocycles. The monoisotopic (exact) mass is 329 g/mol. The third-order valence-electron chi connectivity index (χ3n) is 2.88. The van der Waals surface area contributed by atoms with Gasteiger partial charge in [-0.05, 0) is 30.4 Å². The molecule has 114 valence electrons. The van der Waals surface area contributed by atoms with Crippen LogP contribution < -0.4 is 0 Å². The number of rotatable bonds is 4. The number of carbonyl (C=O) groups is 1. The van der Waals surface area contributed by atoms with E-state index in [0.717, 1.165) is 12.1 Å². The Balaban J connectivity index is 1.78. The zero-order valence-corrected chi connectivity index (χ0v) is 12.4. The van der Waals surface area contributed by atoms with Crippen molar-refractivity contribution in [2.75, 3.05) is 0 Å². The lowest BCUT2D eigenvalue weighted by Gasteiger charge is -1.97. The second-order valence-electron chi connectivity index (χ2n) is 4.47. The highest BCUT2D eigenvalue weighted by Gasteiger charge is 2.10. The highest BCUT2D eigenvalue weighted by molar-refractivity contribution is 7.13. The molecule has 2 aromatic heterocycles. The molecule has 3 aromatic rings. The fourth-order valence-corrected chi connectivity index (χ4v) is 2.55. The Kier molecular flexibility index (Phi) is 4.29. The van der Waals surface area contributed by atoms with Gasteiger partial charge in [-0.15, -0.1) is 11.3 Å². The molecule has 0 atom stereocenters. The predicted molar refractivity (Wildman–Crippen MR) is 82.9 cm³/mol. The molecule has 0 radical (unpaired) electrons. The van der Waals surface area contributed by atoms with Gasteiger partial charge in [-0.3, -0.25) is 4.79 Å². The highest BCUT2D eigenvalue weighted by Crippen LogP contribution is 2.20. The van der Waals surface area contributed by atoms with E-state index >= 15 is 0 Å². The molecule has 0 bridgehead atoms. The molecular formula is C16H9F2N3OS. The summed E-state index contributed by atoms with van der Waals surface area (Å²) in [6.45, 7) is 0. The van der Waals surface area contributed by atoms with Gasteiger partial charge in [-0.2, -0.15) is 0 Å². The summed E-state index contributed by atoms with van der Waals surface area (Å²) < 4.78 is 26.4. The van der Waals surface area contributed by atoms with E-state index in [-0.39, 0.29) is 5.56 Å². The number of hydrogen-bond donors (Lipinski definition) is 0. The zero-order chi connectivity index (χ0) is 16.2. The van der Waals surface area contributed by atoms with Gasteiger partial charge in [0.1, 0.15) is 11.6 Å². The van der Waals surface area contributed by atoms with E-state index in [4.69, 9.17) is 0 Å². The van der Waals surface area contributed by atoms with Gasteiger partial charge in [0.15, 0.2) is 16.6 Å². The number of aromatic nitrogens is 3. The van der Waals surface area contributed by atoms with Crippen LogP contribution in [-0.4, -0.2) is 20.7 Å². The second-order valence-corrected chi connectivity index (χ2v) is 5.33. The van der Waals surface area contributed by atoms with Crippen LogP contribution in [0.15, 0.2) is 48.1 Å². The smallest absolute Gasteiger partial charge is 0.188 e. The lowest BCUT2D eigenvalue weighted by Crippen LogP contribution is -1.99. The van der Waals surface area contributed by atoms with Crippen LogP contribution in [0.25, 0.3) is 16.9 Å². The predicted octanol–water partition coefficient (Wildman–Crippen LogP) is 3.77. The molecule has 0 saturated carbocycles. The molecule has 0 fully saturated rings. The number of nitrogens with zero attached hydrogens (tertiary/aromatic N) is 3. The summed E-state index contributed by atoms with van der Waals surface area (Å²) in [5.41, 5.74) is 0.345. The van der Waals surface area contributed by atoms with Crippen molar-refractivity contribution in [1.82, 2.24) is 15.0 Å². The number of halogens is 2. The fourth-order valence-electron chi connectivity index (χ4n) is 1.82. The third kappa shape index (κ3) is 3.51. The molecular weight excluding hydrogens is 320 g/mol. The van der Waals surface area contributed by atoms with Crippen LogP contribution in [0.2, 0.25) is 0 Å². The average Bonchev–Trinajstić information content (AvgIpc) is 3.02. The van der Waals surface area contributed by atoms with Crippen molar-refractivity contribution in [3.8, 4) is 10.8 Å². The minimum Gasteiger partial charge on any atom is -0.289 e. The molecule has 0 N–H and O–H groups in total. The third-order valence-corrected chi connectivity index (χ3v) is 3.74. The Bertz CT molecular complexity index is 878. The maximum absolute atomic E-state index is 13.5. The molecule has 0 unspecified atom stereocenters. The maximum atomic E-state index is 13.5. The average molecular weight is 329 g/mol. The Morgan fingerprint density at radius 2 is 1.96 bits per heavy atom. The summed E-state index contributed by atoms with van der Waals surface area (Å²) in [6.07, 6.45) is 5.88. The van der Waals surface area contributed by atoms with E-state index in [9.17, 15) is 13.6 Å². The van der Waals surface area contributed by atoms with Gasteiger partial charge in [0.05, 0.1) is 11.3 Å². The molecule has 0 spiro atoms. The number of carbonyl (C=O) groups excluding carboxylic acids is 1. The summed E-state index contributed by atoms with van der Waals surface area (Å²) in [6, 6.07) is 4.53.